The molecule has 0 radical (unpaired) electrons. The molecular formula is C14H15BrN2O2S. The van der Waals surface area contributed by atoms with Gasteiger partial charge in [0.2, 0.25) is 0 Å². The summed E-state index contributed by atoms with van der Waals surface area (Å²) in [4.78, 5) is 10.8. The van der Waals surface area contributed by atoms with Crippen LogP contribution in [-0.2, 0) is 11.2 Å². The first-order valence-corrected chi connectivity index (χ1v) is 7.99. The minimum atomic E-state index is -0.826. The maximum absolute atomic E-state index is 10.8. The average Bonchev–Trinajstić information content (AvgIpc) is 2.79. The summed E-state index contributed by atoms with van der Waals surface area (Å²) in [6.45, 7) is 4.05. The molecule has 4 nitrogen and oxygen atoms in total. The molecule has 0 fully saturated rings. The summed E-state index contributed by atoms with van der Waals surface area (Å²) in [5, 5.41) is 14.2. The molecule has 0 aliphatic carbocycles. The van der Waals surface area contributed by atoms with E-state index in [0.29, 0.717) is 0 Å². The molecule has 0 bridgehead atoms. The summed E-state index contributed by atoms with van der Waals surface area (Å²) in [6, 6.07) is 7.92. The zero-order valence-corrected chi connectivity index (χ0v) is 13.7. The monoisotopic (exact) mass is 354 g/mol. The van der Waals surface area contributed by atoms with Crippen LogP contribution in [0.5, 0.6) is 0 Å². The first kappa shape index (κ1) is 15.1. The molecule has 0 saturated carbocycles. The Morgan fingerprint density at radius 1 is 1.45 bits per heavy atom. The third-order valence-corrected chi connectivity index (χ3v) is 4.29. The average molecular weight is 355 g/mol. The molecule has 1 aromatic heterocycles. The van der Waals surface area contributed by atoms with Crippen LogP contribution in [0, 0.1) is 6.92 Å². The van der Waals surface area contributed by atoms with E-state index in [2.05, 4.69) is 21.0 Å². The van der Waals surface area contributed by atoms with Crippen molar-refractivity contribution >= 4 is 33.7 Å². The second-order valence-electron chi connectivity index (χ2n) is 4.35. The Kier molecular flexibility index (Phi) is 4.88. The van der Waals surface area contributed by atoms with Crippen LogP contribution in [0.4, 0.5) is 0 Å². The van der Waals surface area contributed by atoms with Crippen LogP contribution in [0.25, 0.3) is 5.69 Å². The van der Waals surface area contributed by atoms with Crippen molar-refractivity contribution in [1.29, 1.82) is 0 Å². The number of rotatable bonds is 5. The van der Waals surface area contributed by atoms with E-state index in [4.69, 9.17) is 5.11 Å². The highest BCUT2D eigenvalue weighted by Crippen LogP contribution is 2.26. The Morgan fingerprint density at radius 3 is 2.80 bits per heavy atom. The highest BCUT2D eigenvalue weighted by Gasteiger charge is 2.12. The van der Waals surface area contributed by atoms with Gasteiger partial charge in [-0.25, -0.2) is 4.68 Å². The van der Waals surface area contributed by atoms with Crippen LogP contribution in [0.1, 0.15) is 18.2 Å². The first-order chi connectivity index (χ1) is 9.51. The van der Waals surface area contributed by atoms with Gasteiger partial charge in [-0.2, -0.15) is 5.10 Å². The molecule has 2 rings (SSSR count). The smallest absolute Gasteiger partial charge is 0.313 e. The quantitative estimate of drug-likeness (QED) is 0.832. The number of hydrogen-bond donors (Lipinski definition) is 1. The van der Waals surface area contributed by atoms with Crippen molar-refractivity contribution < 1.29 is 9.90 Å². The molecule has 2 aromatic rings. The molecule has 106 valence electrons. The lowest BCUT2D eigenvalue weighted by molar-refractivity contribution is -0.133. The third kappa shape index (κ3) is 3.43. The van der Waals surface area contributed by atoms with Gasteiger partial charge >= 0.3 is 5.97 Å². The zero-order valence-electron chi connectivity index (χ0n) is 11.3. The van der Waals surface area contributed by atoms with Gasteiger partial charge in [0, 0.05) is 4.47 Å². The number of carboxylic acid groups (broad SMARTS) is 1. The minimum absolute atomic E-state index is 0.0322. The third-order valence-electron chi connectivity index (χ3n) is 2.82. The van der Waals surface area contributed by atoms with Gasteiger partial charge in [0.25, 0.3) is 0 Å². The Hall–Kier alpha value is -1.27. The number of hydrogen-bond acceptors (Lipinski definition) is 3. The van der Waals surface area contributed by atoms with E-state index in [1.807, 2.05) is 42.8 Å². The summed E-state index contributed by atoms with van der Waals surface area (Å²) in [6.07, 6.45) is 0.823. The summed E-state index contributed by atoms with van der Waals surface area (Å²) >= 11 is 4.73. The highest BCUT2D eigenvalue weighted by molar-refractivity contribution is 9.10. The van der Waals surface area contributed by atoms with Crippen LogP contribution in [0.2, 0.25) is 0 Å². The number of aliphatic carboxylic acids is 1. The molecule has 20 heavy (non-hydrogen) atoms. The molecule has 0 amide bonds. The predicted octanol–water partition coefficient (Wildman–Crippen LogP) is 3.68. The SMILES string of the molecule is CCc1cc(SCC(=O)O)n(-c2ccc(Br)cc2C)n1. The van der Waals surface area contributed by atoms with E-state index in [9.17, 15) is 4.79 Å². The van der Waals surface area contributed by atoms with Gasteiger partial charge in [0.1, 0.15) is 5.03 Å². The lowest BCUT2D eigenvalue weighted by Gasteiger charge is -2.09. The van der Waals surface area contributed by atoms with E-state index < -0.39 is 5.97 Å². The summed E-state index contributed by atoms with van der Waals surface area (Å²) in [5.74, 6) is -0.793. The largest absolute Gasteiger partial charge is 0.481 e. The Morgan fingerprint density at radius 2 is 2.20 bits per heavy atom. The predicted molar refractivity (Wildman–Crippen MR) is 83.7 cm³/mol. The Labute approximate surface area is 130 Å². The van der Waals surface area contributed by atoms with Gasteiger partial charge < -0.3 is 5.11 Å². The molecule has 0 saturated heterocycles. The van der Waals surface area contributed by atoms with Crippen LogP contribution in [0.15, 0.2) is 33.8 Å². The van der Waals surface area contributed by atoms with Crippen LogP contribution >= 0.6 is 27.7 Å². The number of benzene rings is 1. The summed E-state index contributed by atoms with van der Waals surface area (Å²) in [5.41, 5.74) is 3.02. The molecule has 1 aromatic carbocycles. The van der Waals surface area contributed by atoms with Crippen molar-refractivity contribution in [2.45, 2.75) is 25.3 Å². The van der Waals surface area contributed by atoms with Gasteiger partial charge in [-0.1, -0.05) is 34.6 Å². The number of carbonyl (C=O) groups is 1. The van der Waals surface area contributed by atoms with E-state index in [0.717, 1.165) is 32.9 Å². The fourth-order valence-corrected chi connectivity index (χ4v) is 3.08. The van der Waals surface area contributed by atoms with Crippen molar-refractivity contribution in [1.82, 2.24) is 9.78 Å². The minimum Gasteiger partial charge on any atom is -0.481 e. The van der Waals surface area contributed by atoms with Crippen LogP contribution in [-0.4, -0.2) is 26.6 Å². The van der Waals surface area contributed by atoms with E-state index in [1.54, 1.807) is 0 Å². The molecule has 0 unspecified atom stereocenters. The normalized spacial score (nSPS) is 10.8. The number of thioether (sulfide) groups is 1. The van der Waals surface area contributed by atoms with E-state index in [-0.39, 0.29) is 5.75 Å². The van der Waals surface area contributed by atoms with Gasteiger partial charge in [-0.05, 0) is 43.2 Å². The molecular weight excluding hydrogens is 340 g/mol. The number of carboxylic acids is 1. The number of aryl methyl sites for hydroxylation is 2. The van der Waals surface area contributed by atoms with E-state index in [1.165, 1.54) is 11.8 Å². The van der Waals surface area contributed by atoms with Crippen molar-refractivity contribution in [3.63, 3.8) is 0 Å². The molecule has 0 aliphatic heterocycles. The summed E-state index contributed by atoms with van der Waals surface area (Å²) in [7, 11) is 0. The van der Waals surface area contributed by atoms with Crippen molar-refractivity contribution in [3.05, 3.63) is 40.0 Å². The lowest BCUT2D eigenvalue weighted by atomic mass is 10.2. The molecule has 0 aliphatic rings. The fourth-order valence-electron chi connectivity index (χ4n) is 1.85. The fraction of sp³-hybridized carbons (Fsp3) is 0.286. The number of halogens is 1. The topological polar surface area (TPSA) is 55.1 Å². The number of nitrogens with zero attached hydrogens (tertiary/aromatic N) is 2. The number of aromatic nitrogens is 2. The molecule has 1 heterocycles. The lowest BCUT2D eigenvalue weighted by Crippen LogP contribution is -2.04. The molecule has 0 spiro atoms. The summed E-state index contributed by atoms with van der Waals surface area (Å²) < 4.78 is 2.84. The Bertz CT molecular complexity index is 640. The van der Waals surface area contributed by atoms with Gasteiger partial charge in [-0.15, -0.1) is 0 Å². The molecule has 0 atom stereocenters. The standard InChI is InChI=1S/C14H15BrN2O2S/c1-3-11-7-13(20-8-14(18)19)17(16-11)12-5-4-10(15)6-9(12)2/h4-7H,3,8H2,1-2H3,(H,18,19). The first-order valence-electron chi connectivity index (χ1n) is 6.21. The maximum Gasteiger partial charge on any atom is 0.313 e. The second-order valence-corrected chi connectivity index (χ2v) is 6.26. The van der Waals surface area contributed by atoms with E-state index >= 15 is 0 Å². The van der Waals surface area contributed by atoms with Gasteiger partial charge in [0.05, 0.1) is 17.1 Å². The van der Waals surface area contributed by atoms with Crippen molar-refractivity contribution in [2.24, 2.45) is 0 Å². The molecule has 6 heteroatoms. The Balaban J connectivity index is 2.43. The van der Waals surface area contributed by atoms with Gasteiger partial charge in [-0.3, -0.25) is 4.79 Å². The highest BCUT2D eigenvalue weighted by atomic mass is 79.9. The second kappa shape index (κ2) is 6.45. The van der Waals surface area contributed by atoms with Crippen molar-refractivity contribution in [2.75, 3.05) is 5.75 Å². The zero-order chi connectivity index (χ0) is 14.7. The molecule has 1 N–H and O–H groups in total. The maximum atomic E-state index is 10.8. The van der Waals surface area contributed by atoms with Crippen molar-refractivity contribution in [3.8, 4) is 5.69 Å². The van der Waals surface area contributed by atoms with Crippen LogP contribution in [0.3, 0.4) is 0 Å². The van der Waals surface area contributed by atoms with Crippen LogP contribution < -0.4 is 0 Å². The van der Waals surface area contributed by atoms with Gasteiger partial charge in [0.15, 0.2) is 0 Å².